The Balaban J connectivity index is 1.71. The van der Waals surface area contributed by atoms with Gasteiger partial charge in [-0.15, -0.1) is 0 Å². The molecule has 124 valence electrons. The third-order valence-electron chi connectivity index (χ3n) is 4.85. The molecular weight excluding hydrogens is 290 g/mol. The molecule has 0 radical (unpaired) electrons. The molecule has 0 aromatic heterocycles. The van der Waals surface area contributed by atoms with Crippen LogP contribution in [-0.4, -0.2) is 47.3 Å². The lowest BCUT2D eigenvalue weighted by atomic mass is 10.0. The number of hydrogen-bond donors (Lipinski definition) is 1. The lowest BCUT2D eigenvalue weighted by Gasteiger charge is -2.37. The molecular formula is C18H25N3O2. The predicted molar refractivity (Wildman–Crippen MR) is 89.1 cm³/mol. The first-order valence-corrected chi connectivity index (χ1v) is 8.42. The zero-order chi connectivity index (χ0) is 16.6. The van der Waals surface area contributed by atoms with E-state index in [-0.39, 0.29) is 11.9 Å². The van der Waals surface area contributed by atoms with Crippen molar-refractivity contribution < 1.29 is 9.59 Å². The summed E-state index contributed by atoms with van der Waals surface area (Å²) in [4.78, 5) is 28.8. The van der Waals surface area contributed by atoms with Gasteiger partial charge in [0.1, 0.15) is 0 Å². The van der Waals surface area contributed by atoms with Gasteiger partial charge < -0.3 is 15.5 Å². The molecule has 0 spiro atoms. The molecule has 5 heteroatoms. The van der Waals surface area contributed by atoms with Crippen molar-refractivity contribution in [3.63, 3.8) is 0 Å². The highest BCUT2D eigenvalue weighted by Gasteiger charge is 2.36. The highest BCUT2D eigenvalue weighted by molar-refractivity contribution is 6.09. The van der Waals surface area contributed by atoms with E-state index in [0.29, 0.717) is 23.6 Å². The fourth-order valence-electron chi connectivity index (χ4n) is 3.81. The Labute approximate surface area is 137 Å². The van der Waals surface area contributed by atoms with Crippen LogP contribution in [0.5, 0.6) is 0 Å². The van der Waals surface area contributed by atoms with Crippen LogP contribution < -0.4 is 5.73 Å². The second-order valence-corrected chi connectivity index (χ2v) is 7.06. The summed E-state index contributed by atoms with van der Waals surface area (Å²) in [6, 6.07) is 5.64. The van der Waals surface area contributed by atoms with Crippen LogP contribution >= 0.6 is 0 Å². The highest BCUT2D eigenvalue weighted by atomic mass is 16.2. The van der Waals surface area contributed by atoms with Crippen molar-refractivity contribution in [2.24, 2.45) is 11.7 Å². The van der Waals surface area contributed by atoms with Crippen LogP contribution in [0.3, 0.4) is 0 Å². The summed E-state index contributed by atoms with van der Waals surface area (Å²) in [6.45, 7) is 8.25. The number of nitrogens with two attached hydrogens (primary N) is 1. The van der Waals surface area contributed by atoms with E-state index in [4.69, 9.17) is 5.73 Å². The van der Waals surface area contributed by atoms with E-state index in [0.717, 1.165) is 38.0 Å². The Morgan fingerprint density at radius 1 is 1.30 bits per heavy atom. The first-order chi connectivity index (χ1) is 11.0. The number of rotatable bonds is 4. The highest BCUT2D eigenvalue weighted by Crippen LogP contribution is 2.30. The minimum atomic E-state index is -0.524. The second-order valence-electron chi connectivity index (χ2n) is 7.06. The van der Waals surface area contributed by atoms with Crippen molar-refractivity contribution >= 4 is 11.8 Å². The van der Waals surface area contributed by atoms with Gasteiger partial charge in [-0.2, -0.15) is 0 Å². The van der Waals surface area contributed by atoms with Gasteiger partial charge in [0.05, 0.1) is 11.1 Å². The zero-order valence-corrected chi connectivity index (χ0v) is 13.9. The maximum Gasteiger partial charge on any atom is 0.255 e. The molecule has 1 aromatic carbocycles. The summed E-state index contributed by atoms with van der Waals surface area (Å²) in [5.74, 6) is 0.114. The Morgan fingerprint density at radius 3 is 2.61 bits per heavy atom. The van der Waals surface area contributed by atoms with Crippen LogP contribution in [0.2, 0.25) is 0 Å². The SMILES string of the molecule is CC(C)CN1CCC(N2Cc3cccc(C(N)=O)c3C2=O)CC1. The van der Waals surface area contributed by atoms with Crippen LogP contribution in [0.25, 0.3) is 0 Å². The van der Waals surface area contributed by atoms with Gasteiger partial charge in [0.2, 0.25) is 5.91 Å². The molecule has 2 N–H and O–H groups in total. The largest absolute Gasteiger partial charge is 0.366 e. The molecule has 1 aromatic rings. The maximum absolute atomic E-state index is 12.8. The zero-order valence-electron chi connectivity index (χ0n) is 13.9. The standard InChI is InChI=1S/C18H25N3O2/c1-12(2)10-20-8-6-14(7-9-20)21-11-13-4-3-5-15(17(19)22)16(13)18(21)23/h3-5,12,14H,6-11H2,1-2H3,(H2,19,22). The van der Waals surface area contributed by atoms with Crippen LogP contribution in [0.1, 0.15) is 53.0 Å². The third-order valence-corrected chi connectivity index (χ3v) is 4.85. The molecule has 5 nitrogen and oxygen atoms in total. The Hall–Kier alpha value is -1.88. The van der Waals surface area contributed by atoms with Crippen molar-refractivity contribution in [1.29, 1.82) is 0 Å². The van der Waals surface area contributed by atoms with Gasteiger partial charge in [-0.05, 0) is 30.4 Å². The lowest BCUT2D eigenvalue weighted by molar-refractivity contribution is 0.0584. The maximum atomic E-state index is 12.8. The average Bonchev–Trinajstić information content (AvgIpc) is 2.85. The number of amides is 2. The molecule has 2 amide bonds. The summed E-state index contributed by atoms with van der Waals surface area (Å²) in [5.41, 5.74) is 7.22. The summed E-state index contributed by atoms with van der Waals surface area (Å²) in [5, 5.41) is 0. The number of carbonyl (C=O) groups is 2. The molecule has 1 fully saturated rings. The van der Waals surface area contributed by atoms with Gasteiger partial charge in [0.25, 0.3) is 5.91 Å². The normalized spacial score (nSPS) is 19.4. The van der Waals surface area contributed by atoms with Crippen molar-refractivity contribution in [2.75, 3.05) is 19.6 Å². The van der Waals surface area contributed by atoms with E-state index in [1.807, 2.05) is 11.0 Å². The van der Waals surface area contributed by atoms with Crippen LogP contribution in [0.4, 0.5) is 0 Å². The van der Waals surface area contributed by atoms with Crippen molar-refractivity contribution in [3.8, 4) is 0 Å². The monoisotopic (exact) mass is 315 g/mol. The molecule has 2 aliphatic heterocycles. The van der Waals surface area contributed by atoms with Gasteiger partial charge in [0.15, 0.2) is 0 Å². The number of carbonyl (C=O) groups excluding carboxylic acids is 2. The molecule has 3 rings (SSSR count). The van der Waals surface area contributed by atoms with Gasteiger partial charge >= 0.3 is 0 Å². The molecule has 2 aliphatic rings. The van der Waals surface area contributed by atoms with Crippen molar-refractivity contribution in [3.05, 3.63) is 34.9 Å². The third kappa shape index (κ3) is 3.11. The fraction of sp³-hybridized carbons (Fsp3) is 0.556. The van der Waals surface area contributed by atoms with Gasteiger partial charge in [0, 0.05) is 32.2 Å². The molecule has 23 heavy (non-hydrogen) atoms. The molecule has 0 saturated carbocycles. The Bertz CT molecular complexity index is 619. The lowest BCUT2D eigenvalue weighted by Crippen LogP contribution is -2.45. The quantitative estimate of drug-likeness (QED) is 0.922. The number of fused-ring (bicyclic) bond motifs is 1. The molecule has 0 atom stereocenters. The Morgan fingerprint density at radius 2 is 2.00 bits per heavy atom. The van der Waals surface area contributed by atoms with Crippen LogP contribution in [0, 0.1) is 5.92 Å². The van der Waals surface area contributed by atoms with Crippen molar-refractivity contribution in [2.45, 2.75) is 39.3 Å². The summed E-state index contributed by atoms with van der Waals surface area (Å²) in [7, 11) is 0. The number of nitrogens with zero attached hydrogens (tertiary/aromatic N) is 2. The molecule has 0 unspecified atom stereocenters. The van der Waals surface area contributed by atoms with E-state index in [1.165, 1.54) is 0 Å². The van der Waals surface area contributed by atoms with E-state index in [9.17, 15) is 9.59 Å². The van der Waals surface area contributed by atoms with Gasteiger partial charge in [-0.3, -0.25) is 9.59 Å². The summed E-state index contributed by atoms with van der Waals surface area (Å²) < 4.78 is 0. The first kappa shape index (κ1) is 16.0. The molecule has 0 bridgehead atoms. The Kier molecular flexibility index (Phi) is 4.39. The minimum absolute atomic E-state index is 0.0308. The van der Waals surface area contributed by atoms with Crippen LogP contribution in [0.15, 0.2) is 18.2 Å². The number of hydrogen-bond acceptors (Lipinski definition) is 3. The van der Waals surface area contributed by atoms with Crippen LogP contribution in [-0.2, 0) is 6.54 Å². The topological polar surface area (TPSA) is 66.6 Å². The smallest absolute Gasteiger partial charge is 0.255 e. The van der Waals surface area contributed by atoms with E-state index < -0.39 is 5.91 Å². The summed E-state index contributed by atoms with van der Waals surface area (Å²) in [6.07, 6.45) is 2.00. The molecule has 0 aliphatic carbocycles. The number of likely N-dealkylation sites (tertiary alicyclic amines) is 1. The fourth-order valence-corrected chi connectivity index (χ4v) is 3.81. The average molecular weight is 315 g/mol. The first-order valence-electron chi connectivity index (χ1n) is 8.42. The predicted octanol–water partition coefficient (Wildman–Crippen LogP) is 1.86. The van der Waals surface area contributed by atoms with E-state index in [1.54, 1.807) is 12.1 Å². The number of benzene rings is 1. The molecule has 1 saturated heterocycles. The van der Waals surface area contributed by atoms with E-state index in [2.05, 4.69) is 18.7 Å². The van der Waals surface area contributed by atoms with Crippen molar-refractivity contribution in [1.82, 2.24) is 9.80 Å². The second kappa shape index (κ2) is 6.32. The minimum Gasteiger partial charge on any atom is -0.366 e. The molecule has 2 heterocycles. The number of primary amides is 1. The number of piperidine rings is 1. The van der Waals surface area contributed by atoms with E-state index >= 15 is 0 Å². The van der Waals surface area contributed by atoms with Gasteiger partial charge in [-0.1, -0.05) is 26.0 Å². The summed E-state index contributed by atoms with van der Waals surface area (Å²) >= 11 is 0. The van der Waals surface area contributed by atoms with Gasteiger partial charge in [-0.25, -0.2) is 0 Å².